The van der Waals surface area contributed by atoms with Gasteiger partial charge >= 0.3 is 0 Å². The van der Waals surface area contributed by atoms with Crippen LogP contribution in [0.1, 0.15) is 62.5 Å². The molecule has 2 aromatic rings. The normalized spacial score (nSPS) is 19.8. The van der Waals surface area contributed by atoms with Gasteiger partial charge in [0.05, 0.1) is 18.3 Å². The minimum absolute atomic E-state index is 0.0306. The van der Waals surface area contributed by atoms with Gasteiger partial charge in [0.15, 0.2) is 0 Å². The van der Waals surface area contributed by atoms with E-state index in [1.54, 1.807) is 4.68 Å². The Labute approximate surface area is 154 Å². The third-order valence-electron chi connectivity index (χ3n) is 5.50. The van der Waals surface area contributed by atoms with Gasteiger partial charge in [-0.3, -0.25) is 4.79 Å². The molecular formula is C20H27N5O. The smallest absolute Gasteiger partial charge is 0.267 e. The molecule has 1 aliphatic heterocycles. The van der Waals surface area contributed by atoms with Crippen molar-refractivity contribution in [1.82, 2.24) is 19.7 Å². The first kappa shape index (κ1) is 17.2. The molecule has 138 valence electrons. The summed E-state index contributed by atoms with van der Waals surface area (Å²) in [6.45, 7) is 5.82. The number of aromatic nitrogens is 4. The van der Waals surface area contributed by atoms with Crippen LogP contribution in [0.3, 0.4) is 0 Å². The van der Waals surface area contributed by atoms with Crippen molar-refractivity contribution in [3.8, 4) is 0 Å². The Morgan fingerprint density at radius 2 is 2.08 bits per heavy atom. The molecule has 0 spiro atoms. The lowest BCUT2D eigenvalue weighted by molar-refractivity contribution is 0.471. The summed E-state index contributed by atoms with van der Waals surface area (Å²) in [6.07, 6.45) is 8.35. The van der Waals surface area contributed by atoms with E-state index in [-0.39, 0.29) is 11.6 Å². The number of aryl methyl sites for hydroxylation is 2. The quantitative estimate of drug-likeness (QED) is 0.846. The minimum Gasteiger partial charge on any atom is -0.352 e. The Morgan fingerprint density at radius 1 is 1.23 bits per heavy atom. The highest BCUT2D eigenvalue weighted by Crippen LogP contribution is 2.25. The zero-order chi connectivity index (χ0) is 18.1. The molecule has 1 aliphatic carbocycles. The van der Waals surface area contributed by atoms with Crippen molar-refractivity contribution in [1.29, 1.82) is 0 Å². The molecule has 1 atom stereocenters. The second kappa shape index (κ2) is 7.17. The number of rotatable bonds is 4. The second-order valence-corrected chi connectivity index (χ2v) is 7.76. The molecule has 2 aromatic heterocycles. The van der Waals surface area contributed by atoms with Crippen LogP contribution in [0.4, 0.5) is 5.82 Å². The fourth-order valence-electron chi connectivity index (χ4n) is 4.06. The molecule has 0 bridgehead atoms. The van der Waals surface area contributed by atoms with Crippen molar-refractivity contribution in [3.63, 3.8) is 0 Å². The lowest BCUT2D eigenvalue weighted by Gasteiger charge is -2.27. The zero-order valence-corrected chi connectivity index (χ0v) is 15.7. The summed E-state index contributed by atoms with van der Waals surface area (Å²) in [5, 5.41) is 4.69. The van der Waals surface area contributed by atoms with Gasteiger partial charge in [0.2, 0.25) is 0 Å². The average molecular weight is 353 g/mol. The van der Waals surface area contributed by atoms with Crippen LogP contribution in [-0.2, 0) is 19.4 Å². The monoisotopic (exact) mass is 353 g/mol. The molecule has 6 nitrogen and oxygen atoms in total. The number of hydrogen-bond acceptors (Lipinski definition) is 5. The highest BCUT2D eigenvalue weighted by molar-refractivity contribution is 5.40. The maximum atomic E-state index is 12.5. The van der Waals surface area contributed by atoms with E-state index in [1.807, 2.05) is 18.3 Å². The first-order valence-corrected chi connectivity index (χ1v) is 9.81. The van der Waals surface area contributed by atoms with Crippen LogP contribution >= 0.6 is 0 Å². The predicted octanol–water partition coefficient (Wildman–Crippen LogP) is 2.70. The molecule has 0 N–H and O–H groups in total. The molecule has 4 rings (SSSR count). The van der Waals surface area contributed by atoms with Gasteiger partial charge in [-0.05, 0) is 50.2 Å². The number of fused-ring (bicyclic) bond motifs is 1. The third-order valence-corrected chi connectivity index (χ3v) is 5.50. The number of hydrogen-bond donors (Lipinski definition) is 0. The van der Waals surface area contributed by atoms with Gasteiger partial charge in [-0.15, -0.1) is 0 Å². The maximum Gasteiger partial charge on any atom is 0.267 e. The van der Waals surface area contributed by atoms with Crippen molar-refractivity contribution in [3.05, 3.63) is 45.8 Å². The molecule has 1 saturated heterocycles. The molecule has 0 amide bonds. The highest BCUT2D eigenvalue weighted by Gasteiger charge is 2.27. The first-order valence-electron chi connectivity index (χ1n) is 9.81. The van der Waals surface area contributed by atoms with Gasteiger partial charge < -0.3 is 4.90 Å². The molecular weight excluding hydrogens is 326 g/mol. The molecule has 0 saturated carbocycles. The SMILES string of the molecule is CC(C)c1nccc(N2CCCC2Cn2nc3c(cc2=O)CCCC3)n1. The van der Waals surface area contributed by atoms with Crippen LogP contribution in [0.2, 0.25) is 0 Å². The van der Waals surface area contributed by atoms with Gasteiger partial charge in [-0.1, -0.05) is 13.8 Å². The first-order chi connectivity index (χ1) is 12.6. The van der Waals surface area contributed by atoms with Crippen LogP contribution in [-0.4, -0.2) is 32.3 Å². The van der Waals surface area contributed by atoms with Gasteiger partial charge in [0, 0.05) is 24.7 Å². The summed E-state index contributed by atoms with van der Waals surface area (Å²) < 4.78 is 1.68. The summed E-state index contributed by atoms with van der Waals surface area (Å²) in [5.41, 5.74) is 2.30. The lowest BCUT2D eigenvalue weighted by atomic mass is 9.97. The Morgan fingerprint density at radius 3 is 2.92 bits per heavy atom. The van der Waals surface area contributed by atoms with E-state index in [9.17, 15) is 4.79 Å². The molecule has 1 fully saturated rings. The Bertz CT molecular complexity index is 844. The summed E-state index contributed by atoms with van der Waals surface area (Å²) >= 11 is 0. The molecule has 2 aliphatic rings. The van der Waals surface area contributed by atoms with E-state index in [0.29, 0.717) is 12.5 Å². The van der Waals surface area contributed by atoms with Crippen molar-refractivity contribution in [2.45, 2.75) is 70.9 Å². The van der Waals surface area contributed by atoms with Gasteiger partial charge in [-0.2, -0.15) is 5.10 Å². The van der Waals surface area contributed by atoms with E-state index in [4.69, 9.17) is 10.1 Å². The fraction of sp³-hybridized carbons (Fsp3) is 0.600. The fourth-order valence-corrected chi connectivity index (χ4v) is 4.06. The van der Waals surface area contributed by atoms with Crippen molar-refractivity contribution in [2.24, 2.45) is 0 Å². The maximum absolute atomic E-state index is 12.5. The number of anilines is 1. The van der Waals surface area contributed by atoms with Gasteiger partial charge in [-0.25, -0.2) is 14.6 Å². The molecule has 6 heteroatoms. The molecule has 26 heavy (non-hydrogen) atoms. The molecule has 3 heterocycles. The zero-order valence-electron chi connectivity index (χ0n) is 15.7. The van der Waals surface area contributed by atoms with E-state index in [1.165, 1.54) is 12.8 Å². The highest BCUT2D eigenvalue weighted by atomic mass is 16.1. The van der Waals surface area contributed by atoms with Crippen LogP contribution in [0.5, 0.6) is 0 Å². The van der Waals surface area contributed by atoms with Gasteiger partial charge in [0.25, 0.3) is 5.56 Å². The Balaban J connectivity index is 1.58. The van der Waals surface area contributed by atoms with E-state index < -0.39 is 0 Å². The third kappa shape index (κ3) is 3.37. The Kier molecular flexibility index (Phi) is 4.74. The molecule has 0 radical (unpaired) electrons. The van der Waals surface area contributed by atoms with Crippen LogP contribution in [0.25, 0.3) is 0 Å². The van der Waals surface area contributed by atoms with E-state index in [0.717, 1.165) is 55.1 Å². The second-order valence-electron chi connectivity index (χ2n) is 7.76. The topological polar surface area (TPSA) is 63.9 Å². The van der Waals surface area contributed by atoms with E-state index >= 15 is 0 Å². The summed E-state index contributed by atoms with van der Waals surface area (Å²) in [5.74, 6) is 2.15. The van der Waals surface area contributed by atoms with Crippen LogP contribution < -0.4 is 10.5 Å². The summed E-state index contributed by atoms with van der Waals surface area (Å²) in [6, 6.07) is 4.05. The minimum atomic E-state index is 0.0306. The van der Waals surface area contributed by atoms with E-state index in [2.05, 4.69) is 23.7 Å². The van der Waals surface area contributed by atoms with Crippen LogP contribution in [0.15, 0.2) is 23.1 Å². The molecule has 1 unspecified atom stereocenters. The summed E-state index contributed by atoms with van der Waals surface area (Å²) in [4.78, 5) is 24.0. The largest absolute Gasteiger partial charge is 0.352 e. The standard InChI is InChI=1S/C20H27N5O/c1-14(2)20-21-10-9-18(22-20)24-11-5-7-16(24)13-25-19(26)12-15-6-3-4-8-17(15)23-25/h9-10,12,14,16H,3-8,11,13H2,1-2H3. The van der Waals surface area contributed by atoms with Crippen molar-refractivity contribution in [2.75, 3.05) is 11.4 Å². The average Bonchev–Trinajstić information content (AvgIpc) is 3.10. The lowest BCUT2D eigenvalue weighted by Crippen LogP contribution is -2.38. The number of nitrogens with zero attached hydrogens (tertiary/aromatic N) is 5. The van der Waals surface area contributed by atoms with Crippen molar-refractivity contribution < 1.29 is 0 Å². The van der Waals surface area contributed by atoms with Gasteiger partial charge in [0.1, 0.15) is 11.6 Å². The Hall–Kier alpha value is -2.24. The summed E-state index contributed by atoms with van der Waals surface area (Å²) in [7, 11) is 0. The van der Waals surface area contributed by atoms with Crippen LogP contribution in [0, 0.1) is 0 Å². The predicted molar refractivity (Wildman–Crippen MR) is 102 cm³/mol. The van der Waals surface area contributed by atoms with Crippen molar-refractivity contribution >= 4 is 5.82 Å². The molecule has 0 aromatic carbocycles.